The number of ether oxygens (including phenoxy) is 3. The molecule has 2 saturated heterocycles. The van der Waals surface area contributed by atoms with Gasteiger partial charge in [0.15, 0.2) is 29.5 Å². The summed E-state index contributed by atoms with van der Waals surface area (Å²) >= 11 is 0. The number of carboxylic acid groups (broad SMARTS) is 1. The van der Waals surface area contributed by atoms with Crippen molar-refractivity contribution in [2.24, 2.45) is 0 Å². The van der Waals surface area contributed by atoms with E-state index in [4.69, 9.17) is 14.2 Å². The molecule has 6 rings (SSSR count). The molecule has 13 nitrogen and oxygen atoms in total. The van der Waals surface area contributed by atoms with Crippen molar-refractivity contribution in [3.63, 3.8) is 0 Å². The number of fused-ring (bicyclic) bond motifs is 2. The molecule has 2 aliphatic rings. The van der Waals surface area contributed by atoms with Gasteiger partial charge in [-0.25, -0.2) is 28.9 Å². The zero-order valence-corrected chi connectivity index (χ0v) is 23.6. The Labute approximate surface area is 251 Å². The van der Waals surface area contributed by atoms with E-state index in [0.717, 1.165) is 5.56 Å². The minimum atomic E-state index is -1.21. The van der Waals surface area contributed by atoms with E-state index in [0.29, 0.717) is 17.7 Å². The van der Waals surface area contributed by atoms with Crippen LogP contribution in [0.5, 0.6) is 0 Å². The number of nitrogens with one attached hydrogen (secondary N) is 3. The van der Waals surface area contributed by atoms with Crippen molar-refractivity contribution >= 4 is 35.1 Å². The summed E-state index contributed by atoms with van der Waals surface area (Å²) in [5, 5.41) is 18.0. The molecule has 4 N–H and O–H groups in total. The van der Waals surface area contributed by atoms with Gasteiger partial charge in [0, 0.05) is 25.2 Å². The molecule has 0 aliphatic carbocycles. The maximum atomic E-state index is 14.5. The van der Waals surface area contributed by atoms with Gasteiger partial charge < -0.3 is 30.0 Å². The molecule has 4 heterocycles. The van der Waals surface area contributed by atoms with Crippen LogP contribution in [-0.4, -0.2) is 74.3 Å². The summed E-state index contributed by atoms with van der Waals surface area (Å²) in [6, 6.07) is 13.2. The molecule has 4 unspecified atom stereocenters. The van der Waals surface area contributed by atoms with E-state index >= 15 is 0 Å². The lowest BCUT2D eigenvalue weighted by Crippen LogP contribution is -2.36. The number of anilines is 1. The van der Waals surface area contributed by atoms with E-state index in [2.05, 4.69) is 30.9 Å². The maximum Gasteiger partial charge on any atom is 0.336 e. The second kappa shape index (κ2) is 12.9. The molecule has 0 saturated carbocycles. The van der Waals surface area contributed by atoms with Gasteiger partial charge >= 0.3 is 12.0 Å². The molecule has 14 heteroatoms. The molecule has 0 spiro atoms. The third-order valence-electron chi connectivity index (χ3n) is 7.31. The molecule has 0 bridgehead atoms. The molecule has 4 aromatic rings. The minimum Gasteiger partial charge on any atom is -0.478 e. The number of halogens is 1. The highest BCUT2D eigenvalue weighted by Crippen LogP contribution is 2.41. The number of benzene rings is 2. The number of amides is 2. The SMILES string of the molecule is CCNC(=O)Nc1ncnc2c1ncn2C1OC(CNCc2c(F)cccc2C(=O)O)C2O[C@H](C=Cc3ccccc3)OC21. The highest BCUT2D eigenvalue weighted by Gasteiger charge is 2.53. The lowest BCUT2D eigenvalue weighted by atomic mass is 10.1. The molecule has 228 valence electrons. The number of imidazole rings is 1. The number of nitrogens with zero attached hydrogens (tertiary/aromatic N) is 4. The van der Waals surface area contributed by atoms with Crippen molar-refractivity contribution in [3.8, 4) is 0 Å². The van der Waals surface area contributed by atoms with Gasteiger partial charge in [-0.1, -0.05) is 42.5 Å². The number of carbonyl (C=O) groups excluding carboxylic acids is 1. The van der Waals surface area contributed by atoms with Gasteiger partial charge in [-0.05, 0) is 30.7 Å². The van der Waals surface area contributed by atoms with Crippen molar-refractivity contribution in [2.75, 3.05) is 18.4 Å². The fraction of sp³-hybridized carbons (Fsp3) is 0.300. The highest BCUT2D eigenvalue weighted by atomic mass is 19.1. The summed E-state index contributed by atoms with van der Waals surface area (Å²) in [4.78, 5) is 36.8. The summed E-state index contributed by atoms with van der Waals surface area (Å²) in [5.41, 5.74) is 1.68. The molecule has 5 atom stereocenters. The van der Waals surface area contributed by atoms with Crippen molar-refractivity contribution in [3.05, 3.63) is 89.8 Å². The van der Waals surface area contributed by atoms with Gasteiger partial charge in [-0.15, -0.1) is 0 Å². The minimum absolute atomic E-state index is 0.0372. The fourth-order valence-corrected chi connectivity index (χ4v) is 5.31. The molecule has 2 aromatic heterocycles. The second-order valence-corrected chi connectivity index (χ2v) is 10.1. The van der Waals surface area contributed by atoms with Gasteiger partial charge in [0.2, 0.25) is 0 Å². The van der Waals surface area contributed by atoms with Crippen LogP contribution in [0.4, 0.5) is 15.0 Å². The summed E-state index contributed by atoms with van der Waals surface area (Å²) in [5.74, 6) is -1.60. The van der Waals surface area contributed by atoms with Crippen LogP contribution in [0.2, 0.25) is 0 Å². The first-order valence-electron chi connectivity index (χ1n) is 14.1. The fourth-order valence-electron chi connectivity index (χ4n) is 5.31. The molecule has 2 fully saturated rings. The van der Waals surface area contributed by atoms with Gasteiger partial charge in [0.1, 0.15) is 30.5 Å². The molecule has 2 amide bonds. The van der Waals surface area contributed by atoms with Gasteiger partial charge in [-0.3, -0.25) is 9.88 Å². The smallest absolute Gasteiger partial charge is 0.336 e. The third kappa shape index (κ3) is 6.01. The van der Waals surface area contributed by atoms with Crippen molar-refractivity contribution in [1.82, 2.24) is 30.2 Å². The third-order valence-corrected chi connectivity index (χ3v) is 7.31. The number of rotatable bonds is 10. The number of urea groups is 1. The summed E-state index contributed by atoms with van der Waals surface area (Å²) < 4.78 is 35.2. The normalized spacial score (nSPS) is 22.8. The van der Waals surface area contributed by atoms with Crippen LogP contribution in [0.1, 0.15) is 34.6 Å². The van der Waals surface area contributed by atoms with Crippen LogP contribution in [0, 0.1) is 5.82 Å². The first-order chi connectivity index (χ1) is 21.4. The monoisotopic (exact) mass is 603 g/mol. The number of aromatic carboxylic acids is 1. The number of hydrogen-bond donors (Lipinski definition) is 4. The lowest BCUT2D eigenvalue weighted by molar-refractivity contribution is -0.124. The van der Waals surface area contributed by atoms with E-state index in [1.807, 2.05) is 42.5 Å². The standard InChI is InChI=1S/C30H30FN7O6/c1-2-33-30(41)37-26-23-27(35-15-34-26)38(16-36-23)28-25-24(43-22(44-25)12-11-17-7-4-3-5-8-17)21(42-28)14-32-13-19-18(29(39)40)9-6-10-20(19)31/h3-12,15-16,21-22,24-25,28,32H,2,13-14H2,1H3,(H,39,40)(H2,33,34,35,37,41)/t21?,22-,24?,25?,28?/m0/s1. The first kappa shape index (κ1) is 29.3. The Morgan fingerprint density at radius 1 is 1.05 bits per heavy atom. The Bertz CT molecular complexity index is 1680. The molecule has 2 aliphatic heterocycles. The molecular weight excluding hydrogens is 573 g/mol. The van der Waals surface area contributed by atoms with Gasteiger partial charge in [0.25, 0.3) is 0 Å². The van der Waals surface area contributed by atoms with E-state index < -0.39 is 48.6 Å². The first-order valence-corrected chi connectivity index (χ1v) is 14.1. The summed E-state index contributed by atoms with van der Waals surface area (Å²) in [6.45, 7) is 2.41. The zero-order chi connectivity index (χ0) is 30.6. The Hall–Kier alpha value is -4.76. The Morgan fingerprint density at radius 2 is 1.86 bits per heavy atom. The average molecular weight is 604 g/mol. The Kier molecular flexibility index (Phi) is 8.56. The molecular formula is C30H30FN7O6. The van der Waals surface area contributed by atoms with Crippen molar-refractivity contribution in [2.45, 2.75) is 44.3 Å². The summed E-state index contributed by atoms with van der Waals surface area (Å²) in [7, 11) is 0. The highest BCUT2D eigenvalue weighted by molar-refractivity contribution is 5.95. The lowest BCUT2D eigenvalue weighted by Gasteiger charge is -2.21. The predicted molar refractivity (Wildman–Crippen MR) is 156 cm³/mol. The Morgan fingerprint density at radius 3 is 2.66 bits per heavy atom. The summed E-state index contributed by atoms with van der Waals surface area (Å²) in [6.07, 6.45) is 3.50. The van der Waals surface area contributed by atoms with Crippen LogP contribution >= 0.6 is 0 Å². The Balaban J connectivity index is 1.25. The van der Waals surface area contributed by atoms with Crippen LogP contribution in [0.25, 0.3) is 17.2 Å². The zero-order valence-electron chi connectivity index (χ0n) is 23.6. The van der Waals surface area contributed by atoms with E-state index in [1.165, 1.54) is 30.9 Å². The number of carboxylic acids is 1. The quantitative estimate of drug-likeness (QED) is 0.212. The number of aromatic nitrogens is 4. The van der Waals surface area contributed by atoms with Gasteiger partial charge in [-0.2, -0.15) is 0 Å². The van der Waals surface area contributed by atoms with Crippen LogP contribution in [0.3, 0.4) is 0 Å². The largest absolute Gasteiger partial charge is 0.478 e. The predicted octanol–water partition coefficient (Wildman–Crippen LogP) is 3.32. The number of hydrogen-bond acceptors (Lipinski definition) is 9. The van der Waals surface area contributed by atoms with E-state index in [-0.39, 0.29) is 30.0 Å². The van der Waals surface area contributed by atoms with Crippen molar-refractivity contribution in [1.29, 1.82) is 0 Å². The van der Waals surface area contributed by atoms with Crippen LogP contribution < -0.4 is 16.0 Å². The molecule has 2 aromatic carbocycles. The topological polar surface area (TPSA) is 162 Å². The van der Waals surface area contributed by atoms with Crippen molar-refractivity contribution < 1.29 is 33.3 Å². The maximum absolute atomic E-state index is 14.5. The number of carbonyl (C=O) groups is 2. The average Bonchev–Trinajstić information content (AvgIpc) is 3.72. The van der Waals surface area contributed by atoms with E-state index in [1.54, 1.807) is 11.5 Å². The molecule has 44 heavy (non-hydrogen) atoms. The van der Waals surface area contributed by atoms with E-state index in [9.17, 15) is 19.1 Å². The van der Waals surface area contributed by atoms with Gasteiger partial charge in [0.05, 0.1) is 11.9 Å². The second-order valence-electron chi connectivity index (χ2n) is 10.1. The van der Waals surface area contributed by atoms with Crippen LogP contribution in [-0.2, 0) is 20.8 Å². The molecule has 0 radical (unpaired) electrons. The van der Waals surface area contributed by atoms with Crippen LogP contribution in [0.15, 0.2) is 67.3 Å².